The van der Waals surface area contributed by atoms with E-state index in [1.54, 1.807) is 0 Å². The number of rotatable bonds is 3. The van der Waals surface area contributed by atoms with Crippen LogP contribution in [0.1, 0.15) is 35.6 Å². The molecule has 1 unspecified atom stereocenters. The van der Waals surface area contributed by atoms with Gasteiger partial charge in [0.15, 0.2) is 0 Å². The molecular weight excluding hydrogens is 226 g/mol. The third-order valence-electron chi connectivity index (χ3n) is 3.65. The number of hydrogen-bond donors (Lipinski definition) is 0. The smallest absolute Gasteiger partial charge is 0.327 e. The molecule has 0 saturated carbocycles. The normalized spacial score (nSPS) is 17.7. The summed E-state index contributed by atoms with van der Waals surface area (Å²) in [6.45, 7) is 6.09. The Bertz CT molecular complexity index is 436. The Morgan fingerprint density at radius 1 is 1.28 bits per heavy atom. The van der Waals surface area contributed by atoms with Gasteiger partial charge in [-0.05, 0) is 50.9 Å². The topological polar surface area (TPSA) is 29.5 Å². The molecule has 1 fully saturated rings. The first-order valence-electron chi connectivity index (χ1n) is 6.52. The molecule has 0 spiro atoms. The van der Waals surface area contributed by atoms with Gasteiger partial charge < -0.3 is 4.74 Å². The summed E-state index contributed by atoms with van der Waals surface area (Å²) in [4.78, 5) is 14.3. The number of likely N-dealkylation sites (tertiary alicyclic amines) is 1. The standard InChI is InChI=1S/C15H21NO2/c1-11-6-7-13(12(2)10-11)14(15(17)18-3)16-8-4-5-9-16/h6-7,10,14H,4-5,8-9H2,1-3H3. The van der Waals surface area contributed by atoms with Crippen LogP contribution in [0.3, 0.4) is 0 Å². The lowest BCUT2D eigenvalue weighted by atomic mass is 9.98. The Morgan fingerprint density at radius 3 is 2.50 bits per heavy atom. The Morgan fingerprint density at radius 2 is 1.94 bits per heavy atom. The van der Waals surface area contributed by atoms with Crippen LogP contribution in [0.4, 0.5) is 0 Å². The molecule has 1 aliphatic rings. The van der Waals surface area contributed by atoms with Crippen LogP contribution in [0.2, 0.25) is 0 Å². The van der Waals surface area contributed by atoms with Gasteiger partial charge in [-0.2, -0.15) is 0 Å². The highest BCUT2D eigenvalue weighted by Crippen LogP contribution is 2.28. The summed E-state index contributed by atoms with van der Waals surface area (Å²) in [7, 11) is 1.47. The second-order valence-electron chi connectivity index (χ2n) is 5.03. The molecule has 1 atom stereocenters. The highest BCUT2D eigenvalue weighted by atomic mass is 16.5. The van der Waals surface area contributed by atoms with Crippen LogP contribution in [0.25, 0.3) is 0 Å². The molecule has 0 aliphatic carbocycles. The SMILES string of the molecule is COC(=O)C(c1ccc(C)cc1C)N1CCCC1. The van der Waals surface area contributed by atoms with Crippen LogP contribution in [-0.4, -0.2) is 31.1 Å². The van der Waals surface area contributed by atoms with Gasteiger partial charge in [-0.3, -0.25) is 4.90 Å². The lowest BCUT2D eigenvalue weighted by Crippen LogP contribution is -2.33. The number of benzene rings is 1. The summed E-state index contributed by atoms with van der Waals surface area (Å²) < 4.78 is 4.98. The predicted octanol–water partition coefficient (Wildman–Crippen LogP) is 2.61. The monoisotopic (exact) mass is 247 g/mol. The van der Waals surface area contributed by atoms with Gasteiger partial charge in [0.1, 0.15) is 6.04 Å². The van der Waals surface area contributed by atoms with Crippen LogP contribution in [0.5, 0.6) is 0 Å². The van der Waals surface area contributed by atoms with Crippen molar-refractivity contribution in [1.82, 2.24) is 4.90 Å². The van der Waals surface area contributed by atoms with Gasteiger partial charge in [0.25, 0.3) is 0 Å². The molecule has 1 heterocycles. The number of nitrogens with zero attached hydrogens (tertiary/aromatic N) is 1. The first-order valence-corrected chi connectivity index (χ1v) is 6.52. The number of methoxy groups -OCH3 is 1. The summed E-state index contributed by atoms with van der Waals surface area (Å²) in [6, 6.07) is 6.01. The first-order chi connectivity index (χ1) is 8.63. The van der Waals surface area contributed by atoms with Crippen LogP contribution >= 0.6 is 0 Å². The van der Waals surface area contributed by atoms with E-state index in [1.165, 1.54) is 25.5 Å². The average molecular weight is 247 g/mol. The molecule has 98 valence electrons. The molecule has 0 amide bonds. The lowest BCUT2D eigenvalue weighted by molar-refractivity contribution is -0.146. The molecule has 1 aliphatic heterocycles. The van der Waals surface area contributed by atoms with Crippen LogP contribution in [0, 0.1) is 13.8 Å². The van der Waals surface area contributed by atoms with Crippen molar-refractivity contribution in [3.05, 3.63) is 34.9 Å². The van der Waals surface area contributed by atoms with E-state index < -0.39 is 0 Å². The third kappa shape index (κ3) is 2.56. The Balaban J connectivity index is 2.35. The van der Waals surface area contributed by atoms with E-state index in [9.17, 15) is 4.79 Å². The minimum absolute atomic E-state index is 0.149. The van der Waals surface area contributed by atoms with Gasteiger partial charge in [-0.1, -0.05) is 23.8 Å². The van der Waals surface area contributed by atoms with Gasteiger partial charge >= 0.3 is 5.97 Å². The Labute approximate surface area is 109 Å². The third-order valence-corrected chi connectivity index (χ3v) is 3.65. The fraction of sp³-hybridized carbons (Fsp3) is 0.533. The fourth-order valence-electron chi connectivity index (χ4n) is 2.72. The highest BCUT2D eigenvalue weighted by molar-refractivity contribution is 5.78. The van der Waals surface area contributed by atoms with E-state index >= 15 is 0 Å². The van der Waals surface area contributed by atoms with Crippen molar-refractivity contribution in [2.24, 2.45) is 0 Å². The Kier molecular flexibility index (Phi) is 4.02. The van der Waals surface area contributed by atoms with Crippen molar-refractivity contribution in [1.29, 1.82) is 0 Å². The molecule has 1 aromatic carbocycles. The zero-order valence-corrected chi connectivity index (χ0v) is 11.4. The van der Waals surface area contributed by atoms with E-state index in [0.29, 0.717) is 0 Å². The maximum atomic E-state index is 12.1. The molecule has 1 aromatic rings. The molecule has 0 N–H and O–H groups in total. The number of carbonyl (C=O) groups excluding carboxylic acids is 1. The van der Waals surface area contributed by atoms with Gasteiger partial charge in [0, 0.05) is 0 Å². The van der Waals surface area contributed by atoms with E-state index in [1.807, 2.05) is 0 Å². The second-order valence-corrected chi connectivity index (χ2v) is 5.03. The van der Waals surface area contributed by atoms with Gasteiger partial charge in [-0.15, -0.1) is 0 Å². The number of esters is 1. The largest absolute Gasteiger partial charge is 0.468 e. The lowest BCUT2D eigenvalue weighted by Gasteiger charge is -2.26. The van der Waals surface area contributed by atoms with E-state index in [0.717, 1.165) is 24.2 Å². The molecule has 1 saturated heterocycles. The van der Waals surface area contributed by atoms with Crippen molar-refractivity contribution in [3.8, 4) is 0 Å². The van der Waals surface area contributed by atoms with Crippen molar-refractivity contribution in [2.45, 2.75) is 32.7 Å². The number of hydrogen-bond acceptors (Lipinski definition) is 3. The summed E-state index contributed by atoms with van der Waals surface area (Å²) in [5.41, 5.74) is 3.47. The predicted molar refractivity (Wildman–Crippen MR) is 71.5 cm³/mol. The minimum atomic E-state index is -0.238. The average Bonchev–Trinajstić information content (AvgIpc) is 2.85. The first kappa shape index (κ1) is 13.1. The molecule has 3 heteroatoms. The summed E-state index contributed by atoms with van der Waals surface area (Å²) in [5, 5.41) is 0. The number of aryl methyl sites for hydroxylation is 2. The van der Waals surface area contributed by atoms with E-state index in [2.05, 4.69) is 36.9 Å². The fourth-order valence-corrected chi connectivity index (χ4v) is 2.72. The minimum Gasteiger partial charge on any atom is -0.468 e. The van der Waals surface area contributed by atoms with Crippen molar-refractivity contribution >= 4 is 5.97 Å². The molecule has 0 radical (unpaired) electrons. The molecular formula is C15H21NO2. The summed E-state index contributed by atoms with van der Waals surface area (Å²) >= 11 is 0. The quantitative estimate of drug-likeness (QED) is 0.769. The molecule has 3 nitrogen and oxygen atoms in total. The van der Waals surface area contributed by atoms with Gasteiger partial charge in [0.2, 0.25) is 0 Å². The zero-order valence-electron chi connectivity index (χ0n) is 11.4. The molecule has 2 rings (SSSR count). The maximum absolute atomic E-state index is 12.1. The molecule has 0 aromatic heterocycles. The van der Waals surface area contributed by atoms with Crippen molar-refractivity contribution in [3.63, 3.8) is 0 Å². The molecule has 18 heavy (non-hydrogen) atoms. The highest BCUT2D eigenvalue weighted by Gasteiger charge is 2.31. The maximum Gasteiger partial charge on any atom is 0.327 e. The Hall–Kier alpha value is -1.35. The summed E-state index contributed by atoms with van der Waals surface area (Å²) in [5.74, 6) is -0.149. The van der Waals surface area contributed by atoms with Gasteiger partial charge in [-0.25, -0.2) is 4.79 Å². The van der Waals surface area contributed by atoms with Crippen LogP contribution < -0.4 is 0 Å². The van der Waals surface area contributed by atoms with Crippen LogP contribution in [-0.2, 0) is 9.53 Å². The zero-order chi connectivity index (χ0) is 13.1. The second kappa shape index (κ2) is 5.53. The molecule has 0 bridgehead atoms. The van der Waals surface area contributed by atoms with Crippen molar-refractivity contribution in [2.75, 3.05) is 20.2 Å². The summed E-state index contributed by atoms with van der Waals surface area (Å²) in [6.07, 6.45) is 2.33. The van der Waals surface area contributed by atoms with Gasteiger partial charge in [0.05, 0.1) is 7.11 Å². The van der Waals surface area contributed by atoms with E-state index in [4.69, 9.17) is 4.74 Å². The van der Waals surface area contributed by atoms with Crippen LogP contribution in [0.15, 0.2) is 18.2 Å². The number of ether oxygens (including phenoxy) is 1. The van der Waals surface area contributed by atoms with Crippen molar-refractivity contribution < 1.29 is 9.53 Å². The van der Waals surface area contributed by atoms with E-state index in [-0.39, 0.29) is 12.0 Å². The number of carbonyl (C=O) groups is 1.